The molecule has 8 nitrogen and oxygen atoms in total. The molecule has 2 amide bonds. The van der Waals surface area contributed by atoms with Crippen molar-refractivity contribution in [3.05, 3.63) is 60.7 Å². The number of nitrogens with one attached hydrogen (secondary N) is 1. The van der Waals surface area contributed by atoms with Gasteiger partial charge in [0, 0.05) is 6.54 Å². The second kappa shape index (κ2) is 9.03. The van der Waals surface area contributed by atoms with Crippen molar-refractivity contribution in [3.8, 4) is 5.75 Å². The van der Waals surface area contributed by atoms with Gasteiger partial charge in [-0.1, -0.05) is 36.4 Å². The van der Waals surface area contributed by atoms with E-state index in [4.69, 9.17) is 16.3 Å². The second-order valence-corrected chi connectivity index (χ2v) is 9.27. The van der Waals surface area contributed by atoms with E-state index in [2.05, 4.69) is 5.32 Å². The van der Waals surface area contributed by atoms with Crippen LogP contribution < -0.4 is 10.1 Å². The quantitative estimate of drug-likeness (QED) is 0.429. The number of halogens is 1. The Kier molecular flexibility index (Phi) is 6.64. The highest BCUT2D eigenvalue weighted by Gasteiger charge is 2.63. The Morgan fingerprint density at radius 1 is 1.17 bits per heavy atom. The van der Waals surface area contributed by atoms with Crippen molar-refractivity contribution >= 4 is 33.3 Å². The summed E-state index contributed by atoms with van der Waals surface area (Å²) >= 11 is 5.57. The number of rotatable bonds is 9. The number of β-amino-alcohol motifs (C(OH)–C–C–N with tert-alkyl or cyclic N) is 1. The van der Waals surface area contributed by atoms with Gasteiger partial charge in [0.2, 0.25) is 14.7 Å². The molecule has 1 fully saturated rings. The van der Waals surface area contributed by atoms with Crippen LogP contribution in [0.2, 0.25) is 0 Å². The van der Waals surface area contributed by atoms with Crippen molar-refractivity contribution in [2.24, 2.45) is 0 Å². The lowest BCUT2D eigenvalue weighted by molar-refractivity contribution is -0.151. The summed E-state index contributed by atoms with van der Waals surface area (Å²) in [5.41, 5.74) is 0. The topological polar surface area (TPSA) is 113 Å². The van der Waals surface area contributed by atoms with Gasteiger partial charge >= 0.3 is 0 Å². The number of amides is 2. The number of likely N-dealkylation sites (tertiary alicyclic amines) is 1. The number of benzene rings is 2. The van der Waals surface area contributed by atoms with Gasteiger partial charge in [-0.25, -0.2) is 8.42 Å². The van der Waals surface area contributed by atoms with Gasteiger partial charge in [-0.15, -0.1) is 11.6 Å². The molecule has 0 bridgehead atoms. The van der Waals surface area contributed by atoms with Crippen LogP contribution in [-0.4, -0.2) is 66.8 Å². The zero-order valence-corrected chi connectivity index (χ0v) is 17.5. The van der Waals surface area contributed by atoms with Crippen molar-refractivity contribution in [2.75, 3.05) is 25.6 Å². The van der Waals surface area contributed by atoms with Crippen LogP contribution in [-0.2, 0) is 19.4 Å². The van der Waals surface area contributed by atoms with Crippen LogP contribution in [0.4, 0.5) is 0 Å². The molecule has 2 aromatic rings. The molecule has 1 aliphatic rings. The Balaban J connectivity index is 1.82. The average Bonchev–Trinajstić information content (AvgIpc) is 2.77. The number of alkyl halides is 1. The second-order valence-electron chi connectivity index (χ2n) is 6.79. The smallest absolute Gasteiger partial charge is 0.266 e. The van der Waals surface area contributed by atoms with E-state index >= 15 is 0 Å². The van der Waals surface area contributed by atoms with E-state index in [1.165, 1.54) is 24.3 Å². The molecule has 1 saturated heterocycles. The van der Waals surface area contributed by atoms with Crippen molar-refractivity contribution in [1.82, 2.24) is 10.2 Å². The van der Waals surface area contributed by atoms with Crippen LogP contribution in [0.5, 0.6) is 5.75 Å². The lowest BCUT2D eigenvalue weighted by Gasteiger charge is -2.48. The first-order valence-corrected chi connectivity index (χ1v) is 11.1. The first-order chi connectivity index (χ1) is 14.3. The summed E-state index contributed by atoms with van der Waals surface area (Å²) in [6.45, 7) is -0.910. The molecule has 0 radical (unpaired) electrons. The van der Waals surface area contributed by atoms with E-state index in [-0.39, 0.29) is 23.9 Å². The number of hydrogen-bond acceptors (Lipinski definition) is 6. The standard InChI is InChI=1S/C20H21ClN2O6S/c21-11-15(24)12-23-14-20(19(23)26,30(27,28)17-9-5-2-6-10-17)22-18(25)13-29-16-7-3-1-4-8-16/h1-10,15,24H,11-14H2,(H,22,25)/t15?,20-/m1/s1. The minimum absolute atomic E-state index is 0.0971. The van der Waals surface area contributed by atoms with Gasteiger partial charge in [0.1, 0.15) is 5.75 Å². The van der Waals surface area contributed by atoms with Gasteiger partial charge in [-0.2, -0.15) is 0 Å². The average molecular weight is 453 g/mol. The molecule has 1 unspecified atom stereocenters. The molecule has 30 heavy (non-hydrogen) atoms. The Morgan fingerprint density at radius 2 is 1.77 bits per heavy atom. The molecule has 1 heterocycles. The minimum Gasteiger partial charge on any atom is -0.484 e. The Hall–Kier alpha value is -2.62. The zero-order valence-electron chi connectivity index (χ0n) is 15.9. The molecule has 2 N–H and O–H groups in total. The fourth-order valence-corrected chi connectivity index (χ4v) is 5.06. The SMILES string of the molecule is O=C(COc1ccccc1)N[C@@]1(S(=O)(=O)c2ccccc2)CN(CC(O)CCl)C1=O. The highest BCUT2D eigenvalue weighted by molar-refractivity contribution is 7.93. The summed E-state index contributed by atoms with van der Waals surface area (Å²) in [5.74, 6) is -1.27. The number of hydrogen-bond donors (Lipinski definition) is 2. The molecular formula is C20H21ClN2O6S. The van der Waals surface area contributed by atoms with E-state index in [9.17, 15) is 23.1 Å². The maximum Gasteiger partial charge on any atom is 0.266 e. The van der Waals surface area contributed by atoms with Crippen molar-refractivity contribution in [1.29, 1.82) is 0 Å². The van der Waals surface area contributed by atoms with Gasteiger partial charge in [-0.05, 0) is 24.3 Å². The first kappa shape index (κ1) is 22.1. The Bertz CT molecular complexity index is 1000. The van der Waals surface area contributed by atoms with Crippen molar-refractivity contribution in [3.63, 3.8) is 0 Å². The summed E-state index contributed by atoms with van der Waals surface area (Å²) in [6, 6.07) is 15.9. The highest BCUT2D eigenvalue weighted by atomic mass is 35.5. The molecule has 0 spiro atoms. The minimum atomic E-state index is -4.26. The number of aliphatic hydroxyl groups is 1. The summed E-state index contributed by atoms with van der Waals surface area (Å²) in [6.07, 6.45) is -1.01. The number of carbonyl (C=O) groups excluding carboxylic acids is 2. The number of nitrogens with zero attached hydrogens (tertiary/aromatic N) is 1. The maximum atomic E-state index is 13.3. The molecule has 10 heteroatoms. The van der Waals surface area contributed by atoms with E-state index in [0.717, 1.165) is 4.90 Å². The van der Waals surface area contributed by atoms with Crippen LogP contribution in [0.1, 0.15) is 0 Å². The normalized spacial score (nSPS) is 19.7. The molecule has 0 aromatic heterocycles. The van der Waals surface area contributed by atoms with Crippen LogP contribution in [0.15, 0.2) is 65.6 Å². The third kappa shape index (κ3) is 4.28. The monoisotopic (exact) mass is 452 g/mol. The number of sulfone groups is 1. The number of β-lactam (4-membered cyclic amide) rings is 1. The predicted molar refractivity (Wildman–Crippen MR) is 110 cm³/mol. The number of para-hydroxylation sites is 1. The maximum absolute atomic E-state index is 13.3. The predicted octanol–water partition coefficient (Wildman–Crippen LogP) is 0.794. The van der Waals surface area contributed by atoms with Crippen molar-refractivity contribution < 1.29 is 27.9 Å². The van der Waals surface area contributed by atoms with Crippen LogP contribution in [0.3, 0.4) is 0 Å². The molecule has 0 saturated carbocycles. The van der Waals surface area contributed by atoms with Crippen LogP contribution >= 0.6 is 11.6 Å². The van der Waals surface area contributed by atoms with Gasteiger partial charge < -0.3 is 20.1 Å². The zero-order chi connectivity index (χ0) is 21.8. The third-order valence-electron chi connectivity index (χ3n) is 4.62. The molecule has 1 aliphatic heterocycles. The van der Waals surface area contributed by atoms with E-state index in [1.807, 2.05) is 0 Å². The molecular weight excluding hydrogens is 432 g/mol. The highest BCUT2D eigenvalue weighted by Crippen LogP contribution is 2.34. The van der Waals surface area contributed by atoms with E-state index in [0.29, 0.717) is 5.75 Å². The lowest BCUT2D eigenvalue weighted by Crippen LogP contribution is -2.78. The largest absolute Gasteiger partial charge is 0.484 e. The lowest BCUT2D eigenvalue weighted by atomic mass is 10.1. The van der Waals surface area contributed by atoms with Gasteiger partial charge in [0.05, 0.1) is 23.4 Å². The molecule has 2 aromatic carbocycles. The van der Waals surface area contributed by atoms with Gasteiger partial charge in [0.25, 0.3) is 11.8 Å². The fraction of sp³-hybridized carbons (Fsp3) is 0.300. The van der Waals surface area contributed by atoms with E-state index in [1.54, 1.807) is 36.4 Å². The molecule has 160 valence electrons. The number of carbonyl (C=O) groups is 2. The summed E-state index contributed by atoms with van der Waals surface area (Å²) in [5, 5.41) is 12.1. The summed E-state index contributed by atoms with van der Waals surface area (Å²) in [7, 11) is -4.26. The Labute approximate surface area is 179 Å². The first-order valence-electron chi connectivity index (χ1n) is 9.12. The van der Waals surface area contributed by atoms with Gasteiger partial charge in [0.15, 0.2) is 6.61 Å². The molecule has 2 atom stereocenters. The van der Waals surface area contributed by atoms with Gasteiger partial charge in [-0.3, -0.25) is 9.59 Å². The molecule has 0 aliphatic carbocycles. The fourth-order valence-electron chi connectivity index (χ4n) is 3.11. The van der Waals surface area contributed by atoms with Crippen LogP contribution in [0.25, 0.3) is 0 Å². The van der Waals surface area contributed by atoms with E-state index < -0.39 is 39.2 Å². The number of aliphatic hydroxyl groups excluding tert-OH is 1. The third-order valence-corrected chi connectivity index (χ3v) is 7.19. The van der Waals surface area contributed by atoms with Crippen LogP contribution in [0, 0.1) is 0 Å². The summed E-state index contributed by atoms with van der Waals surface area (Å²) in [4.78, 5) is 24.3. The summed E-state index contributed by atoms with van der Waals surface area (Å²) < 4.78 is 31.9. The molecule has 3 rings (SSSR count). The number of ether oxygens (including phenoxy) is 1. The van der Waals surface area contributed by atoms with Crippen molar-refractivity contribution in [2.45, 2.75) is 15.9 Å². The Morgan fingerprint density at radius 3 is 2.33 bits per heavy atom.